The number of anilines is 1. The second kappa shape index (κ2) is 3.08. The van der Waals surface area contributed by atoms with Gasteiger partial charge in [0.1, 0.15) is 0 Å². The van der Waals surface area contributed by atoms with Crippen LogP contribution in [0.3, 0.4) is 0 Å². The van der Waals surface area contributed by atoms with Gasteiger partial charge < -0.3 is 0 Å². The van der Waals surface area contributed by atoms with Gasteiger partial charge in [-0.15, -0.1) is 0 Å². The maximum atomic E-state index is 11.2. The van der Waals surface area contributed by atoms with Crippen molar-refractivity contribution < 1.29 is 13.4 Å². The number of nitrogens with one attached hydrogen (secondary N) is 2. The zero-order chi connectivity index (χ0) is 9.19. The van der Waals surface area contributed by atoms with Crippen molar-refractivity contribution in [3.63, 3.8) is 0 Å². The molecule has 0 radical (unpaired) electrons. The van der Waals surface area contributed by atoms with Crippen LogP contribution in [0.15, 0.2) is 23.2 Å². The molecule has 4 N–H and O–H groups in total. The molecular formula is C6H10N3O2S+. The number of hydrogen-bond acceptors (Lipinski definition) is 3. The molecule has 1 aromatic rings. The van der Waals surface area contributed by atoms with Gasteiger partial charge >= 0.3 is 0 Å². The van der Waals surface area contributed by atoms with E-state index >= 15 is 0 Å². The quantitative estimate of drug-likeness (QED) is 0.623. The highest BCUT2D eigenvalue weighted by atomic mass is 32.2. The fourth-order valence-corrected chi connectivity index (χ4v) is 1.51. The highest BCUT2D eigenvalue weighted by Crippen LogP contribution is 2.06. The first-order valence-electron chi connectivity index (χ1n) is 3.27. The highest BCUT2D eigenvalue weighted by molar-refractivity contribution is 7.89. The average Bonchev–Trinajstić information content (AvgIpc) is 2.05. The van der Waals surface area contributed by atoms with Gasteiger partial charge in [0.15, 0.2) is 0 Å². The molecule has 0 saturated carbocycles. The zero-order valence-electron chi connectivity index (χ0n) is 6.53. The number of aromatic nitrogens is 1. The summed E-state index contributed by atoms with van der Waals surface area (Å²) in [5.74, 6) is 0.311. The van der Waals surface area contributed by atoms with Crippen LogP contribution in [0.4, 0.5) is 5.82 Å². The maximum Gasteiger partial charge on any atom is 0.271 e. The number of sulfonamides is 1. The van der Waals surface area contributed by atoms with Gasteiger partial charge in [-0.25, -0.2) is 18.1 Å². The number of nitrogens with two attached hydrogens (primary N) is 1. The Hall–Kier alpha value is -1.14. The van der Waals surface area contributed by atoms with Gasteiger partial charge in [0, 0.05) is 6.07 Å². The van der Waals surface area contributed by atoms with Crippen LogP contribution in [0.25, 0.3) is 0 Å². The van der Waals surface area contributed by atoms with Gasteiger partial charge in [-0.3, -0.25) is 5.73 Å². The van der Waals surface area contributed by atoms with Gasteiger partial charge in [0.05, 0.1) is 11.1 Å². The van der Waals surface area contributed by atoms with E-state index in [4.69, 9.17) is 5.73 Å². The van der Waals surface area contributed by atoms with Crippen molar-refractivity contribution in [1.82, 2.24) is 4.72 Å². The van der Waals surface area contributed by atoms with Crippen LogP contribution in [0.2, 0.25) is 0 Å². The lowest BCUT2D eigenvalue weighted by Crippen LogP contribution is -2.20. The van der Waals surface area contributed by atoms with Crippen molar-refractivity contribution in [3.05, 3.63) is 18.3 Å². The average molecular weight is 188 g/mol. The van der Waals surface area contributed by atoms with E-state index in [1.165, 1.54) is 25.4 Å². The third-order valence-electron chi connectivity index (χ3n) is 1.37. The fraction of sp³-hybridized carbons (Fsp3) is 0.167. The van der Waals surface area contributed by atoms with Crippen LogP contribution >= 0.6 is 0 Å². The molecule has 5 nitrogen and oxygen atoms in total. The van der Waals surface area contributed by atoms with E-state index in [1.54, 1.807) is 0 Å². The molecule has 0 aromatic carbocycles. The zero-order valence-corrected chi connectivity index (χ0v) is 7.35. The standard InChI is InChI=1S/C6H9N3O2S/c1-8-12(10,11)5-2-3-9-6(7)4-5/h2-4,8H,1H3,(H2,7,9)/p+1. The minimum absolute atomic E-state index is 0.154. The van der Waals surface area contributed by atoms with E-state index < -0.39 is 10.0 Å². The lowest BCUT2D eigenvalue weighted by atomic mass is 10.5. The number of pyridine rings is 1. The van der Waals surface area contributed by atoms with Crippen molar-refractivity contribution in [1.29, 1.82) is 0 Å². The SMILES string of the molecule is CNS(=O)(=O)c1cc[nH+]c(N)c1. The van der Waals surface area contributed by atoms with Gasteiger partial charge in [-0.1, -0.05) is 0 Å². The molecular weight excluding hydrogens is 178 g/mol. The van der Waals surface area contributed by atoms with Crippen LogP contribution in [-0.4, -0.2) is 15.5 Å². The number of rotatable bonds is 2. The molecule has 66 valence electrons. The number of H-pyrrole nitrogens is 1. The van der Waals surface area contributed by atoms with Crippen LogP contribution in [-0.2, 0) is 10.0 Å². The molecule has 1 heterocycles. The van der Waals surface area contributed by atoms with Crippen LogP contribution < -0.4 is 15.4 Å². The molecule has 1 aromatic heterocycles. The summed E-state index contributed by atoms with van der Waals surface area (Å²) in [7, 11) is -2.02. The minimum Gasteiger partial charge on any atom is -0.287 e. The lowest BCUT2D eigenvalue weighted by Gasteiger charge is -1.99. The predicted molar refractivity (Wildman–Crippen MR) is 43.7 cm³/mol. The normalized spacial score (nSPS) is 11.4. The molecule has 0 saturated heterocycles. The number of aromatic amines is 1. The molecule has 12 heavy (non-hydrogen) atoms. The molecule has 0 aliphatic heterocycles. The van der Waals surface area contributed by atoms with Crippen LogP contribution in [0, 0.1) is 0 Å². The lowest BCUT2D eigenvalue weighted by molar-refractivity contribution is -0.360. The van der Waals surface area contributed by atoms with E-state index in [1.807, 2.05) is 0 Å². The predicted octanol–water partition coefficient (Wildman–Crippen LogP) is -1.01. The van der Waals surface area contributed by atoms with Crippen molar-refractivity contribution in [2.45, 2.75) is 4.90 Å². The molecule has 0 aliphatic carbocycles. The van der Waals surface area contributed by atoms with Gasteiger partial charge in [0.2, 0.25) is 10.0 Å². The summed E-state index contributed by atoms with van der Waals surface area (Å²) in [6.45, 7) is 0. The Bertz CT molecular complexity index is 374. The summed E-state index contributed by atoms with van der Waals surface area (Å²) < 4.78 is 24.5. The number of nitrogen functional groups attached to an aromatic ring is 1. The molecule has 0 spiro atoms. The summed E-state index contributed by atoms with van der Waals surface area (Å²) in [6.07, 6.45) is 1.47. The Balaban J connectivity index is 3.21. The first-order chi connectivity index (χ1) is 5.56. The van der Waals surface area contributed by atoms with Crippen molar-refractivity contribution in [2.24, 2.45) is 0 Å². The van der Waals surface area contributed by atoms with E-state index in [-0.39, 0.29) is 4.90 Å². The van der Waals surface area contributed by atoms with Crippen molar-refractivity contribution in [2.75, 3.05) is 12.8 Å². The maximum absolute atomic E-state index is 11.2. The topological polar surface area (TPSA) is 86.3 Å². The fourth-order valence-electron chi connectivity index (χ4n) is 0.748. The Morgan fingerprint density at radius 3 is 2.75 bits per heavy atom. The van der Waals surface area contributed by atoms with Gasteiger partial charge in [0.25, 0.3) is 5.82 Å². The van der Waals surface area contributed by atoms with E-state index in [0.717, 1.165) is 0 Å². The monoisotopic (exact) mass is 188 g/mol. The van der Waals surface area contributed by atoms with Crippen molar-refractivity contribution >= 4 is 15.8 Å². The first kappa shape index (κ1) is 8.95. The van der Waals surface area contributed by atoms with Gasteiger partial charge in [-0.2, -0.15) is 0 Å². The van der Waals surface area contributed by atoms with E-state index in [2.05, 4.69) is 9.71 Å². The largest absolute Gasteiger partial charge is 0.287 e. The Morgan fingerprint density at radius 1 is 1.58 bits per heavy atom. The summed E-state index contributed by atoms with van der Waals surface area (Å²) in [4.78, 5) is 2.81. The Labute approximate surface area is 70.7 Å². The molecule has 0 fully saturated rings. The smallest absolute Gasteiger partial charge is 0.271 e. The third-order valence-corrected chi connectivity index (χ3v) is 2.79. The van der Waals surface area contributed by atoms with Crippen LogP contribution in [0.1, 0.15) is 0 Å². The van der Waals surface area contributed by atoms with Crippen molar-refractivity contribution in [3.8, 4) is 0 Å². The summed E-state index contributed by atoms with van der Waals surface area (Å²) in [6, 6.07) is 2.79. The molecule has 0 unspecified atom stereocenters. The molecule has 0 bridgehead atoms. The highest BCUT2D eigenvalue weighted by Gasteiger charge is 2.12. The summed E-state index contributed by atoms with van der Waals surface area (Å²) in [5.41, 5.74) is 5.36. The summed E-state index contributed by atoms with van der Waals surface area (Å²) in [5, 5.41) is 0. The van der Waals surface area contributed by atoms with E-state index in [9.17, 15) is 8.42 Å². The third kappa shape index (κ3) is 1.72. The van der Waals surface area contributed by atoms with E-state index in [0.29, 0.717) is 5.82 Å². The first-order valence-corrected chi connectivity index (χ1v) is 4.75. The molecule has 0 aliphatic rings. The molecule has 6 heteroatoms. The molecule has 0 atom stereocenters. The second-order valence-corrected chi connectivity index (χ2v) is 4.07. The minimum atomic E-state index is -3.37. The van der Waals surface area contributed by atoms with Crippen LogP contribution in [0.5, 0.6) is 0 Å². The summed E-state index contributed by atoms with van der Waals surface area (Å²) >= 11 is 0. The second-order valence-electron chi connectivity index (χ2n) is 2.19. The Kier molecular flexibility index (Phi) is 2.30. The Morgan fingerprint density at radius 2 is 2.25 bits per heavy atom. The molecule has 0 amide bonds. The van der Waals surface area contributed by atoms with Gasteiger partial charge in [-0.05, 0) is 13.1 Å². The molecule has 1 rings (SSSR count). The number of hydrogen-bond donors (Lipinski definition) is 2.